The molecule has 0 heterocycles. The molecule has 2 aromatic carbocycles. The molecule has 0 aliphatic rings. The van der Waals surface area contributed by atoms with E-state index in [0.29, 0.717) is 4.90 Å². The minimum absolute atomic E-state index is 0.169. The molecule has 1 atom stereocenters. The number of phenols is 1. The Morgan fingerprint density at radius 3 is 2.41 bits per heavy atom. The summed E-state index contributed by atoms with van der Waals surface area (Å²) in [5, 5.41) is 10.1. The highest BCUT2D eigenvalue weighted by Gasteiger charge is 2.14. The maximum absolute atomic E-state index is 10.1. The van der Waals surface area contributed by atoms with Crippen LogP contribution in [0.1, 0.15) is 29.5 Å². The Bertz CT molecular complexity index is 520. The Balaban J connectivity index is 2.48. The molecule has 0 saturated heterocycles. The first-order valence-corrected chi connectivity index (χ1v) is 6.11. The summed E-state index contributed by atoms with van der Waals surface area (Å²) in [7, 11) is 0. The van der Waals surface area contributed by atoms with E-state index < -0.39 is 0 Å². The highest BCUT2D eigenvalue weighted by molar-refractivity contribution is 7.80. The van der Waals surface area contributed by atoms with Crippen molar-refractivity contribution in [3.8, 4) is 5.75 Å². The molecular formula is C15H16OS. The summed E-state index contributed by atoms with van der Waals surface area (Å²) in [6.45, 7) is 4.11. The van der Waals surface area contributed by atoms with Gasteiger partial charge in [0.15, 0.2) is 0 Å². The average Bonchev–Trinajstić information content (AvgIpc) is 2.34. The third-order valence-corrected chi connectivity index (χ3v) is 3.37. The van der Waals surface area contributed by atoms with Crippen LogP contribution in [0, 0.1) is 6.92 Å². The summed E-state index contributed by atoms with van der Waals surface area (Å²) in [4.78, 5) is 0.641. The first-order valence-electron chi connectivity index (χ1n) is 5.67. The van der Waals surface area contributed by atoms with Crippen molar-refractivity contribution >= 4 is 12.6 Å². The number of phenolic OH excluding ortho intramolecular Hbond substituents is 1. The number of rotatable bonds is 2. The molecule has 1 nitrogen and oxygen atoms in total. The van der Waals surface area contributed by atoms with Crippen molar-refractivity contribution in [1.29, 1.82) is 0 Å². The van der Waals surface area contributed by atoms with Crippen molar-refractivity contribution in [3.63, 3.8) is 0 Å². The van der Waals surface area contributed by atoms with Gasteiger partial charge in [0.1, 0.15) is 5.75 Å². The minimum atomic E-state index is 0.169. The number of thiol groups is 1. The van der Waals surface area contributed by atoms with Crippen LogP contribution in [0.15, 0.2) is 47.4 Å². The number of benzene rings is 2. The number of aryl methyl sites for hydroxylation is 1. The zero-order valence-electron chi connectivity index (χ0n) is 10.0. The van der Waals surface area contributed by atoms with Crippen LogP contribution in [0.3, 0.4) is 0 Å². The van der Waals surface area contributed by atoms with E-state index in [1.165, 1.54) is 5.56 Å². The second-order valence-corrected chi connectivity index (χ2v) is 4.84. The summed E-state index contributed by atoms with van der Waals surface area (Å²) in [5.41, 5.74) is 3.24. The third kappa shape index (κ3) is 2.47. The van der Waals surface area contributed by atoms with Crippen LogP contribution in [0.25, 0.3) is 0 Å². The molecular weight excluding hydrogens is 228 g/mol. The van der Waals surface area contributed by atoms with E-state index in [9.17, 15) is 5.11 Å². The summed E-state index contributed by atoms with van der Waals surface area (Å²) in [6.07, 6.45) is 0. The molecule has 0 aliphatic heterocycles. The average molecular weight is 244 g/mol. The van der Waals surface area contributed by atoms with Gasteiger partial charge < -0.3 is 5.11 Å². The summed E-state index contributed by atoms with van der Waals surface area (Å²) in [5.74, 6) is 0.456. The fourth-order valence-electron chi connectivity index (χ4n) is 2.04. The predicted molar refractivity (Wildman–Crippen MR) is 74.1 cm³/mol. The molecule has 0 spiro atoms. The van der Waals surface area contributed by atoms with E-state index in [0.717, 1.165) is 11.1 Å². The van der Waals surface area contributed by atoms with Gasteiger partial charge in [-0.25, -0.2) is 0 Å². The molecule has 1 unspecified atom stereocenters. The lowest BCUT2D eigenvalue weighted by Gasteiger charge is -2.16. The molecule has 0 radical (unpaired) electrons. The molecule has 2 rings (SSSR count). The van der Waals surface area contributed by atoms with Crippen LogP contribution >= 0.6 is 12.6 Å². The second-order valence-electron chi connectivity index (χ2n) is 4.35. The van der Waals surface area contributed by atoms with Gasteiger partial charge in [-0.2, -0.15) is 0 Å². The van der Waals surface area contributed by atoms with Gasteiger partial charge in [0.25, 0.3) is 0 Å². The standard InChI is InChI=1S/C15H16OS/c1-10-8-13(15(16)14(17)9-10)11(2)12-6-4-3-5-7-12/h3-9,11,16-17H,1-2H3. The number of hydrogen-bond donors (Lipinski definition) is 2. The lowest BCUT2D eigenvalue weighted by atomic mass is 9.91. The molecule has 17 heavy (non-hydrogen) atoms. The highest BCUT2D eigenvalue weighted by atomic mass is 32.1. The van der Waals surface area contributed by atoms with Crippen molar-refractivity contribution in [2.75, 3.05) is 0 Å². The minimum Gasteiger partial charge on any atom is -0.506 e. The smallest absolute Gasteiger partial charge is 0.132 e. The molecule has 0 bridgehead atoms. The maximum Gasteiger partial charge on any atom is 0.132 e. The third-order valence-electron chi connectivity index (χ3n) is 3.03. The molecule has 0 fully saturated rings. The van der Waals surface area contributed by atoms with Gasteiger partial charge in [0, 0.05) is 16.4 Å². The van der Waals surface area contributed by atoms with Crippen molar-refractivity contribution in [2.24, 2.45) is 0 Å². The largest absolute Gasteiger partial charge is 0.506 e. The molecule has 0 amide bonds. The van der Waals surface area contributed by atoms with Gasteiger partial charge >= 0.3 is 0 Å². The highest BCUT2D eigenvalue weighted by Crippen LogP contribution is 2.35. The second kappa shape index (κ2) is 4.84. The quantitative estimate of drug-likeness (QED) is 0.761. The Hall–Kier alpha value is -1.41. The molecule has 0 aromatic heterocycles. The summed E-state index contributed by atoms with van der Waals surface area (Å²) >= 11 is 4.29. The van der Waals surface area contributed by atoms with Crippen molar-refractivity contribution in [3.05, 3.63) is 59.2 Å². The van der Waals surface area contributed by atoms with E-state index in [-0.39, 0.29) is 11.7 Å². The van der Waals surface area contributed by atoms with E-state index in [2.05, 4.69) is 31.7 Å². The van der Waals surface area contributed by atoms with E-state index >= 15 is 0 Å². The van der Waals surface area contributed by atoms with Crippen LogP contribution in [0.5, 0.6) is 5.75 Å². The van der Waals surface area contributed by atoms with Crippen molar-refractivity contribution in [1.82, 2.24) is 0 Å². The summed E-state index contributed by atoms with van der Waals surface area (Å²) < 4.78 is 0. The molecule has 2 heteroatoms. The molecule has 0 aliphatic carbocycles. The fraction of sp³-hybridized carbons (Fsp3) is 0.200. The monoisotopic (exact) mass is 244 g/mol. The lowest BCUT2D eigenvalue weighted by molar-refractivity contribution is 0.453. The van der Waals surface area contributed by atoms with Gasteiger partial charge in [-0.1, -0.05) is 43.3 Å². The number of hydrogen-bond acceptors (Lipinski definition) is 2. The van der Waals surface area contributed by atoms with Gasteiger partial charge in [-0.05, 0) is 24.1 Å². The number of aromatic hydroxyl groups is 1. The normalized spacial score (nSPS) is 12.4. The first kappa shape index (κ1) is 12.1. The Morgan fingerprint density at radius 1 is 1.12 bits per heavy atom. The van der Waals surface area contributed by atoms with Gasteiger partial charge in [-0.15, -0.1) is 12.6 Å². The first-order chi connectivity index (χ1) is 8.09. The molecule has 0 saturated carbocycles. The predicted octanol–water partition coefficient (Wildman–Crippen LogP) is 4.14. The molecule has 88 valence electrons. The zero-order valence-corrected chi connectivity index (χ0v) is 10.9. The van der Waals surface area contributed by atoms with E-state index in [1.807, 2.05) is 37.3 Å². The SMILES string of the molecule is Cc1cc(S)c(O)c(C(C)c2ccccc2)c1. The van der Waals surface area contributed by atoms with Crippen LogP contribution < -0.4 is 0 Å². The van der Waals surface area contributed by atoms with Crippen molar-refractivity contribution < 1.29 is 5.11 Å². The summed E-state index contributed by atoms with van der Waals surface area (Å²) in [6, 6.07) is 14.1. The molecule has 2 aromatic rings. The zero-order chi connectivity index (χ0) is 12.4. The Kier molecular flexibility index (Phi) is 3.43. The Labute approximate surface area is 108 Å². The fourth-order valence-corrected chi connectivity index (χ4v) is 2.37. The van der Waals surface area contributed by atoms with Gasteiger partial charge in [-0.3, -0.25) is 0 Å². The van der Waals surface area contributed by atoms with Crippen LogP contribution in [0.2, 0.25) is 0 Å². The van der Waals surface area contributed by atoms with Gasteiger partial charge in [0.05, 0.1) is 0 Å². The van der Waals surface area contributed by atoms with E-state index in [4.69, 9.17) is 0 Å². The van der Waals surface area contributed by atoms with Crippen LogP contribution in [-0.2, 0) is 0 Å². The van der Waals surface area contributed by atoms with E-state index in [1.54, 1.807) is 0 Å². The van der Waals surface area contributed by atoms with Crippen molar-refractivity contribution in [2.45, 2.75) is 24.7 Å². The van der Waals surface area contributed by atoms with Crippen LogP contribution in [-0.4, -0.2) is 5.11 Å². The molecule has 1 N–H and O–H groups in total. The topological polar surface area (TPSA) is 20.2 Å². The Morgan fingerprint density at radius 2 is 1.76 bits per heavy atom. The lowest BCUT2D eigenvalue weighted by Crippen LogP contribution is -1.97. The van der Waals surface area contributed by atoms with Gasteiger partial charge in [0.2, 0.25) is 0 Å². The maximum atomic E-state index is 10.1. The van der Waals surface area contributed by atoms with Crippen LogP contribution in [0.4, 0.5) is 0 Å².